The molecule has 1 saturated heterocycles. The highest BCUT2D eigenvalue weighted by Crippen LogP contribution is 2.14. The molecule has 0 aliphatic carbocycles. The van der Waals surface area contributed by atoms with Crippen LogP contribution < -0.4 is 21.3 Å². The summed E-state index contributed by atoms with van der Waals surface area (Å²) in [7, 11) is 1.55. The predicted molar refractivity (Wildman–Crippen MR) is 80.4 cm³/mol. The summed E-state index contributed by atoms with van der Waals surface area (Å²) in [4.78, 5) is 23.0. The molecule has 1 aliphatic rings. The molecule has 0 bridgehead atoms. The number of benzene rings is 1. The molecule has 21 heavy (non-hydrogen) atoms. The average molecular weight is 292 g/mol. The summed E-state index contributed by atoms with van der Waals surface area (Å²) in [5.41, 5.74) is 1.35. The van der Waals surface area contributed by atoms with E-state index in [-0.39, 0.29) is 18.0 Å². The molecule has 0 spiro atoms. The lowest BCUT2D eigenvalue weighted by Crippen LogP contribution is -2.40. The minimum atomic E-state index is -0.284. The van der Waals surface area contributed by atoms with Crippen LogP contribution in [0.1, 0.15) is 6.42 Å². The Morgan fingerprint density at radius 2 is 1.90 bits per heavy atom. The van der Waals surface area contributed by atoms with Crippen LogP contribution in [0.5, 0.6) is 0 Å². The summed E-state index contributed by atoms with van der Waals surface area (Å²) in [5, 5.41) is 11.1. The fourth-order valence-corrected chi connectivity index (χ4v) is 2.00. The van der Waals surface area contributed by atoms with Crippen molar-refractivity contribution in [2.24, 2.45) is 0 Å². The third kappa shape index (κ3) is 5.05. The van der Waals surface area contributed by atoms with Gasteiger partial charge in [0, 0.05) is 31.5 Å². The first kappa shape index (κ1) is 15.3. The van der Waals surface area contributed by atoms with Crippen molar-refractivity contribution in [2.45, 2.75) is 12.5 Å². The average Bonchev–Trinajstić information content (AvgIpc) is 2.50. The molecule has 2 rings (SSSR count). The van der Waals surface area contributed by atoms with Crippen LogP contribution in [-0.4, -0.2) is 44.8 Å². The normalized spacial score (nSPS) is 17.9. The molecule has 3 amide bonds. The van der Waals surface area contributed by atoms with E-state index in [9.17, 15) is 9.59 Å². The highest BCUT2D eigenvalue weighted by atomic mass is 16.5. The number of carbonyl (C=O) groups is 2. The van der Waals surface area contributed by atoms with E-state index in [2.05, 4.69) is 21.3 Å². The van der Waals surface area contributed by atoms with Crippen LogP contribution in [0.4, 0.5) is 16.2 Å². The van der Waals surface area contributed by atoms with E-state index in [1.165, 1.54) is 0 Å². The lowest BCUT2D eigenvalue weighted by Gasteiger charge is -2.23. The minimum Gasteiger partial charge on any atom is -0.375 e. The van der Waals surface area contributed by atoms with Crippen LogP contribution in [0.2, 0.25) is 0 Å². The van der Waals surface area contributed by atoms with Gasteiger partial charge in [0.05, 0.1) is 19.1 Å². The highest BCUT2D eigenvalue weighted by Gasteiger charge is 2.17. The zero-order valence-corrected chi connectivity index (χ0v) is 11.9. The fourth-order valence-electron chi connectivity index (χ4n) is 2.00. The van der Waals surface area contributed by atoms with E-state index >= 15 is 0 Å². The monoisotopic (exact) mass is 292 g/mol. The van der Waals surface area contributed by atoms with Crippen LogP contribution in [-0.2, 0) is 9.53 Å². The van der Waals surface area contributed by atoms with Crippen LogP contribution in [0.15, 0.2) is 24.3 Å². The van der Waals surface area contributed by atoms with Crippen molar-refractivity contribution < 1.29 is 14.3 Å². The van der Waals surface area contributed by atoms with E-state index in [0.717, 1.165) is 6.54 Å². The van der Waals surface area contributed by atoms with Gasteiger partial charge in [-0.15, -0.1) is 0 Å². The summed E-state index contributed by atoms with van der Waals surface area (Å²) < 4.78 is 5.48. The Kier molecular flexibility index (Phi) is 5.53. The van der Waals surface area contributed by atoms with E-state index in [4.69, 9.17) is 4.74 Å². The number of urea groups is 1. The number of carbonyl (C=O) groups excluding carboxylic acids is 2. The number of amides is 3. The smallest absolute Gasteiger partial charge is 0.318 e. The largest absolute Gasteiger partial charge is 0.375 e. The number of ether oxygens (including phenoxy) is 1. The van der Waals surface area contributed by atoms with Crippen LogP contribution in [0.25, 0.3) is 0 Å². The molecular weight excluding hydrogens is 272 g/mol. The van der Waals surface area contributed by atoms with Crippen molar-refractivity contribution in [1.29, 1.82) is 0 Å². The number of hydrogen-bond donors (Lipinski definition) is 4. The third-order valence-electron chi connectivity index (χ3n) is 3.07. The number of morpholine rings is 1. The summed E-state index contributed by atoms with van der Waals surface area (Å²) in [6.07, 6.45) is 0.249. The van der Waals surface area contributed by atoms with Gasteiger partial charge in [0.2, 0.25) is 5.91 Å². The molecule has 1 aromatic rings. The third-order valence-corrected chi connectivity index (χ3v) is 3.07. The Morgan fingerprint density at radius 1 is 1.24 bits per heavy atom. The van der Waals surface area contributed by atoms with Crippen molar-refractivity contribution in [1.82, 2.24) is 10.6 Å². The van der Waals surface area contributed by atoms with Gasteiger partial charge in [-0.1, -0.05) is 0 Å². The Hall–Kier alpha value is -2.12. The zero-order valence-electron chi connectivity index (χ0n) is 11.9. The Bertz CT molecular complexity index is 483. The number of hydrogen-bond acceptors (Lipinski definition) is 4. The molecule has 4 N–H and O–H groups in total. The van der Waals surface area contributed by atoms with Gasteiger partial charge in [0.15, 0.2) is 0 Å². The molecule has 0 radical (unpaired) electrons. The predicted octanol–water partition coefficient (Wildman–Crippen LogP) is 0.755. The molecule has 7 heteroatoms. The minimum absolute atomic E-state index is 0.0760. The maximum atomic E-state index is 11.9. The Labute approximate surface area is 123 Å². The molecule has 1 fully saturated rings. The summed E-state index contributed by atoms with van der Waals surface area (Å²) in [6.45, 7) is 2.16. The quantitative estimate of drug-likeness (QED) is 0.659. The van der Waals surface area contributed by atoms with Gasteiger partial charge >= 0.3 is 6.03 Å². The lowest BCUT2D eigenvalue weighted by atomic mass is 10.2. The second-order valence-corrected chi connectivity index (χ2v) is 4.73. The van der Waals surface area contributed by atoms with Gasteiger partial charge in [-0.05, 0) is 24.3 Å². The summed E-state index contributed by atoms with van der Waals surface area (Å²) >= 11 is 0. The molecule has 1 aromatic carbocycles. The lowest BCUT2D eigenvalue weighted by molar-refractivity contribution is -0.119. The van der Waals surface area contributed by atoms with Crippen molar-refractivity contribution >= 4 is 23.3 Å². The van der Waals surface area contributed by atoms with Gasteiger partial charge in [0.25, 0.3) is 0 Å². The first-order valence-corrected chi connectivity index (χ1v) is 6.88. The molecule has 7 nitrogen and oxygen atoms in total. The van der Waals surface area contributed by atoms with Gasteiger partial charge in [-0.25, -0.2) is 4.79 Å². The topological polar surface area (TPSA) is 91.5 Å². The van der Waals surface area contributed by atoms with E-state index < -0.39 is 0 Å². The number of rotatable bonds is 4. The molecule has 1 unspecified atom stereocenters. The summed E-state index contributed by atoms with van der Waals surface area (Å²) in [6, 6.07) is 6.65. The maximum absolute atomic E-state index is 11.9. The molecule has 0 aromatic heterocycles. The van der Waals surface area contributed by atoms with Crippen molar-refractivity contribution in [3.05, 3.63) is 24.3 Å². The standard InChI is InChI=1S/C14H20N4O3/c1-15-14(20)18-11-4-2-10(3-5-11)17-13(19)8-12-9-16-6-7-21-12/h2-5,12,16H,6-9H2,1H3,(H,17,19)(H2,15,18,20). The molecule has 1 atom stereocenters. The van der Waals surface area contributed by atoms with Gasteiger partial charge in [0.1, 0.15) is 0 Å². The van der Waals surface area contributed by atoms with Gasteiger partial charge < -0.3 is 26.0 Å². The first-order valence-electron chi connectivity index (χ1n) is 6.88. The molecule has 114 valence electrons. The van der Waals surface area contributed by atoms with Crippen molar-refractivity contribution in [2.75, 3.05) is 37.4 Å². The number of anilines is 2. The van der Waals surface area contributed by atoms with Crippen LogP contribution >= 0.6 is 0 Å². The Balaban J connectivity index is 1.81. The SMILES string of the molecule is CNC(=O)Nc1ccc(NC(=O)CC2CNCCO2)cc1. The maximum Gasteiger partial charge on any atom is 0.318 e. The van der Waals surface area contributed by atoms with Gasteiger partial charge in [-0.3, -0.25) is 4.79 Å². The first-order chi connectivity index (χ1) is 10.2. The summed E-state index contributed by atoms with van der Waals surface area (Å²) in [5.74, 6) is -0.0873. The number of nitrogens with one attached hydrogen (secondary N) is 4. The second-order valence-electron chi connectivity index (χ2n) is 4.73. The fraction of sp³-hybridized carbons (Fsp3) is 0.429. The van der Waals surface area contributed by atoms with Crippen molar-refractivity contribution in [3.63, 3.8) is 0 Å². The van der Waals surface area contributed by atoms with Crippen LogP contribution in [0, 0.1) is 0 Å². The van der Waals surface area contributed by atoms with Crippen LogP contribution in [0.3, 0.4) is 0 Å². The Morgan fingerprint density at radius 3 is 2.48 bits per heavy atom. The van der Waals surface area contributed by atoms with E-state index in [1.54, 1.807) is 31.3 Å². The second kappa shape index (κ2) is 7.61. The highest BCUT2D eigenvalue weighted by molar-refractivity contribution is 5.92. The van der Waals surface area contributed by atoms with Crippen molar-refractivity contribution in [3.8, 4) is 0 Å². The van der Waals surface area contributed by atoms with E-state index in [0.29, 0.717) is 30.9 Å². The zero-order chi connectivity index (χ0) is 15.1. The molecule has 1 heterocycles. The van der Waals surface area contributed by atoms with E-state index in [1.807, 2.05) is 0 Å². The van der Waals surface area contributed by atoms with Gasteiger partial charge in [-0.2, -0.15) is 0 Å². The molecule has 1 aliphatic heterocycles. The molecule has 0 saturated carbocycles. The molecular formula is C14H20N4O3.